The van der Waals surface area contributed by atoms with Crippen LogP contribution in [0, 0.1) is 0 Å². The van der Waals surface area contributed by atoms with Gasteiger partial charge in [0.1, 0.15) is 0 Å². The number of benzene rings is 2. The lowest BCUT2D eigenvalue weighted by atomic mass is 10.0. The van der Waals surface area contributed by atoms with E-state index in [2.05, 4.69) is 48.1 Å². The van der Waals surface area contributed by atoms with E-state index in [1.54, 1.807) is 0 Å². The normalized spacial score (nSPS) is 10.9. The van der Waals surface area contributed by atoms with Crippen molar-refractivity contribution in [3.63, 3.8) is 0 Å². The summed E-state index contributed by atoms with van der Waals surface area (Å²) in [5.41, 5.74) is 10.5. The van der Waals surface area contributed by atoms with Crippen molar-refractivity contribution in [3.8, 4) is 0 Å². The minimum atomic E-state index is 0.827. The van der Waals surface area contributed by atoms with E-state index in [0.29, 0.717) is 0 Å². The van der Waals surface area contributed by atoms with Crippen molar-refractivity contribution in [2.24, 2.45) is 7.05 Å². The first-order valence-electron chi connectivity index (χ1n) is 6.11. The second kappa shape index (κ2) is 4.22. The van der Waals surface area contributed by atoms with Crippen LogP contribution in [0.3, 0.4) is 0 Å². The number of anilines is 1. The molecule has 2 nitrogen and oxygen atoms in total. The summed E-state index contributed by atoms with van der Waals surface area (Å²) >= 11 is 0. The maximum absolute atomic E-state index is 5.82. The minimum absolute atomic E-state index is 0.827. The van der Waals surface area contributed by atoms with Crippen LogP contribution in [0.1, 0.15) is 11.1 Å². The average molecular weight is 236 g/mol. The number of fused-ring (bicyclic) bond motifs is 1. The van der Waals surface area contributed by atoms with Crippen molar-refractivity contribution in [1.82, 2.24) is 4.57 Å². The Morgan fingerprint density at radius 2 is 1.89 bits per heavy atom. The first kappa shape index (κ1) is 10.9. The van der Waals surface area contributed by atoms with Gasteiger partial charge < -0.3 is 10.3 Å². The SMILES string of the molecule is Cn1cc(Cc2cccc(N)c2)c2ccccc21. The van der Waals surface area contributed by atoms with Crippen molar-refractivity contribution < 1.29 is 0 Å². The predicted molar refractivity (Wildman–Crippen MR) is 76.6 cm³/mol. The van der Waals surface area contributed by atoms with Crippen LogP contribution in [0.25, 0.3) is 10.9 Å². The van der Waals surface area contributed by atoms with Gasteiger partial charge in [0, 0.05) is 29.8 Å². The lowest BCUT2D eigenvalue weighted by Gasteiger charge is -2.01. The molecule has 0 spiro atoms. The number of hydrogen-bond acceptors (Lipinski definition) is 1. The molecule has 3 aromatic rings. The fourth-order valence-electron chi connectivity index (χ4n) is 2.49. The Morgan fingerprint density at radius 3 is 2.72 bits per heavy atom. The van der Waals surface area contributed by atoms with Gasteiger partial charge in [-0.3, -0.25) is 0 Å². The van der Waals surface area contributed by atoms with Crippen LogP contribution in [0.2, 0.25) is 0 Å². The van der Waals surface area contributed by atoms with Crippen molar-refractivity contribution in [3.05, 3.63) is 65.9 Å². The summed E-state index contributed by atoms with van der Waals surface area (Å²) in [4.78, 5) is 0. The second-order valence-corrected chi connectivity index (χ2v) is 4.70. The molecular formula is C16H16N2. The van der Waals surface area contributed by atoms with Gasteiger partial charge in [0.15, 0.2) is 0 Å². The van der Waals surface area contributed by atoms with E-state index >= 15 is 0 Å². The Labute approximate surface area is 107 Å². The zero-order valence-corrected chi connectivity index (χ0v) is 10.4. The number of hydrogen-bond donors (Lipinski definition) is 1. The summed E-state index contributed by atoms with van der Waals surface area (Å²) in [6, 6.07) is 16.6. The number of nitrogens with two attached hydrogens (primary N) is 1. The topological polar surface area (TPSA) is 30.9 Å². The number of rotatable bonds is 2. The van der Waals surface area contributed by atoms with Crippen LogP contribution in [-0.2, 0) is 13.5 Å². The number of para-hydroxylation sites is 1. The number of aryl methyl sites for hydroxylation is 1. The van der Waals surface area contributed by atoms with Crippen LogP contribution >= 0.6 is 0 Å². The van der Waals surface area contributed by atoms with Gasteiger partial charge in [-0.25, -0.2) is 0 Å². The fraction of sp³-hybridized carbons (Fsp3) is 0.125. The third-order valence-electron chi connectivity index (χ3n) is 3.33. The van der Waals surface area contributed by atoms with Gasteiger partial charge >= 0.3 is 0 Å². The third-order valence-corrected chi connectivity index (χ3v) is 3.33. The molecule has 0 aliphatic heterocycles. The molecule has 0 atom stereocenters. The Hall–Kier alpha value is -2.22. The molecule has 0 amide bonds. The van der Waals surface area contributed by atoms with Gasteiger partial charge in [-0.1, -0.05) is 30.3 Å². The van der Waals surface area contributed by atoms with E-state index < -0.39 is 0 Å². The highest BCUT2D eigenvalue weighted by Crippen LogP contribution is 2.23. The van der Waals surface area contributed by atoms with E-state index in [4.69, 9.17) is 5.73 Å². The number of nitrogen functional groups attached to an aromatic ring is 1. The van der Waals surface area contributed by atoms with E-state index in [9.17, 15) is 0 Å². The summed E-state index contributed by atoms with van der Waals surface area (Å²) in [5, 5.41) is 1.32. The highest BCUT2D eigenvalue weighted by Gasteiger charge is 2.06. The summed E-state index contributed by atoms with van der Waals surface area (Å²) in [6.45, 7) is 0. The summed E-state index contributed by atoms with van der Waals surface area (Å²) in [5.74, 6) is 0. The summed E-state index contributed by atoms with van der Waals surface area (Å²) in [6.07, 6.45) is 3.13. The summed E-state index contributed by atoms with van der Waals surface area (Å²) in [7, 11) is 2.09. The highest BCUT2D eigenvalue weighted by molar-refractivity contribution is 5.84. The van der Waals surface area contributed by atoms with E-state index in [-0.39, 0.29) is 0 Å². The molecule has 0 aliphatic carbocycles. The van der Waals surface area contributed by atoms with Gasteiger partial charge in [-0.05, 0) is 35.7 Å². The van der Waals surface area contributed by atoms with Gasteiger partial charge in [0.05, 0.1) is 0 Å². The van der Waals surface area contributed by atoms with Crippen molar-refractivity contribution in [2.75, 3.05) is 5.73 Å². The Bertz CT molecular complexity index is 695. The lowest BCUT2D eigenvalue weighted by molar-refractivity contribution is 0.958. The van der Waals surface area contributed by atoms with Crippen LogP contribution in [0.4, 0.5) is 5.69 Å². The van der Waals surface area contributed by atoms with Gasteiger partial charge in [-0.15, -0.1) is 0 Å². The molecule has 1 aromatic heterocycles. The molecule has 3 rings (SSSR count). The standard InChI is InChI=1S/C16H16N2/c1-18-11-13(15-7-2-3-8-16(15)18)9-12-5-4-6-14(17)10-12/h2-8,10-11H,9,17H2,1H3. The number of nitrogens with zero attached hydrogens (tertiary/aromatic N) is 1. The van der Waals surface area contributed by atoms with Crippen molar-refractivity contribution in [1.29, 1.82) is 0 Å². The zero-order chi connectivity index (χ0) is 12.5. The predicted octanol–water partition coefficient (Wildman–Crippen LogP) is 3.35. The highest BCUT2D eigenvalue weighted by atomic mass is 14.9. The monoisotopic (exact) mass is 236 g/mol. The molecule has 0 aliphatic rings. The maximum Gasteiger partial charge on any atom is 0.0480 e. The molecule has 0 saturated heterocycles. The van der Waals surface area contributed by atoms with Crippen LogP contribution in [-0.4, -0.2) is 4.57 Å². The molecule has 2 aromatic carbocycles. The smallest absolute Gasteiger partial charge is 0.0480 e. The maximum atomic E-state index is 5.82. The molecule has 2 heteroatoms. The molecule has 0 saturated carbocycles. The van der Waals surface area contributed by atoms with Crippen molar-refractivity contribution >= 4 is 16.6 Å². The zero-order valence-electron chi connectivity index (χ0n) is 10.4. The van der Waals surface area contributed by atoms with E-state index in [1.165, 1.54) is 22.0 Å². The average Bonchev–Trinajstić information content (AvgIpc) is 2.67. The Balaban J connectivity index is 2.05. The molecule has 0 bridgehead atoms. The van der Waals surface area contributed by atoms with E-state index in [1.807, 2.05) is 18.2 Å². The Morgan fingerprint density at radius 1 is 1.06 bits per heavy atom. The van der Waals surface area contributed by atoms with Crippen LogP contribution in [0.5, 0.6) is 0 Å². The molecule has 90 valence electrons. The second-order valence-electron chi connectivity index (χ2n) is 4.70. The van der Waals surface area contributed by atoms with Crippen molar-refractivity contribution in [2.45, 2.75) is 6.42 Å². The molecule has 1 heterocycles. The molecule has 0 radical (unpaired) electrons. The fourth-order valence-corrected chi connectivity index (χ4v) is 2.49. The first-order valence-corrected chi connectivity index (χ1v) is 6.11. The van der Waals surface area contributed by atoms with E-state index in [0.717, 1.165) is 12.1 Å². The molecule has 0 fully saturated rings. The molecule has 2 N–H and O–H groups in total. The molecule has 0 unspecified atom stereocenters. The first-order chi connectivity index (χ1) is 8.74. The van der Waals surface area contributed by atoms with Gasteiger partial charge in [0.2, 0.25) is 0 Å². The van der Waals surface area contributed by atoms with Gasteiger partial charge in [-0.2, -0.15) is 0 Å². The summed E-state index contributed by atoms with van der Waals surface area (Å²) < 4.78 is 2.18. The molecular weight excluding hydrogens is 220 g/mol. The lowest BCUT2D eigenvalue weighted by Crippen LogP contribution is -1.90. The quantitative estimate of drug-likeness (QED) is 0.680. The third kappa shape index (κ3) is 1.86. The van der Waals surface area contributed by atoms with Crippen LogP contribution in [0.15, 0.2) is 54.7 Å². The van der Waals surface area contributed by atoms with Gasteiger partial charge in [0.25, 0.3) is 0 Å². The molecule has 18 heavy (non-hydrogen) atoms. The van der Waals surface area contributed by atoms with Crippen LogP contribution < -0.4 is 5.73 Å². The largest absolute Gasteiger partial charge is 0.399 e. The number of aromatic nitrogens is 1. The minimum Gasteiger partial charge on any atom is -0.399 e. The Kier molecular flexibility index (Phi) is 2.56.